The molecule has 12 rings (SSSR count). The number of phenols is 2. The van der Waals surface area contributed by atoms with Crippen molar-refractivity contribution in [2.45, 2.75) is 95.9 Å². The van der Waals surface area contributed by atoms with Crippen LogP contribution in [0.3, 0.4) is 0 Å². The predicted octanol–water partition coefficient (Wildman–Crippen LogP) is 7.74. The fourth-order valence-corrected chi connectivity index (χ4v) is 14.3. The second-order valence-electron chi connectivity index (χ2n) is 24.2. The number of halogens is 1. The number of phenolic OH excluding ortho intramolecular Hbond substituents is 2. The quantitative estimate of drug-likeness (QED) is 0.0892. The minimum absolute atomic E-state index is 0.00233. The summed E-state index contributed by atoms with van der Waals surface area (Å²) in [6, 6.07) is 25.7. The topological polar surface area (TPSA) is 207 Å². The van der Waals surface area contributed by atoms with Crippen molar-refractivity contribution in [1.82, 2.24) is 49.2 Å². The minimum Gasteiger partial charge on any atom is -0.508 e. The number of nitrogens with zero attached hydrogens (tertiary/aromatic N) is 13. The molecule has 0 unspecified atom stereocenters. The molecule has 3 N–H and O–H groups in total. The molecule has 1 spiro atoms. The van der Waals surface area contributed by atoms with E-state index in [1.807, 2.05) is 50.2 Å². The summed E-state index contributed by atoms with van der Waals surface area (Å²) in [6.07, 6.45) is 7.02. The van der Waals surface area contributed by atoms with Crippen molar-refractivity contribution >= 4 is 45.7 Å². The van der Waals surface area contributed by atoms with Crippen LogP contribution in [0.5, 0.6) is 23.5 Å². The van der Waals surface area contributed by atoms with Gasteiger partial charge in [0, 0.05) is 98.5 Å². The summed E-state index contributed by atoms with van der Waals surface area (Å²) in [5, 5.41) is 52.6. The summed E-state index contributed by atoms with van der Waals surface area (Å²) in [5.74, 6) is 1.13. The van der Waals surface area contributed by atoms with Gasteiger partial charge in [0.1, 0.15) is 23.9 Å². The molecule has 0 saturated carbocycles. The number of piperazine rings is 1. The van der Waals surface area contributed by atoms with E-state index in [-0.39, 0.29) is 65.0 Å². The van der Waals surface area contributed by atoms with E-state index < -0.39 is 0 Å². The zero-order valence-electron chi connectivity index (χ0n) is 47.7. The van der Waals surface area contributed by atoms with Gasteiger partial charge in [-0.15, -0.1) is 5.10 Å². The average Bonchev–Trinajstić information content (AvgIpc) is 3.80. The number of aromatic hydroxyl groups is 3. The molecule has 20 heteroatoms. The summed E-state index contributed by atoms with van der Waals surface area (Å²) < 4.78 is 8.14. The number of amides is 2. The fraction of sp³-hybridized carbons (Fsp3) is 0.476. The van der Waals surface area contributed by atoms with E-state index in [2.05, 4.69) is 83.6 Å². The molecule has 2 aromatic heterocycles. The minimum atomic E-state index is -0.304. The van der Waals surface area contributed by atoms with E-state index in [1.54, 1.807) is 11.0 Å². The van der Waals surface area contributed by atoms with Crippen molar-refractivity contribution in [1.29, 1.82) is 5.26 Å². The van der Waals surface area contributed by atoms with Crippen LogP contribution in [0.2, 0.25) is 5.02 Å². The van der Waals surface area contributed by atoms with Gasteiger partial charge in [0.15, 0.2) is 5.82 Å². The smallest absolute Gasteiger partial charge is 0.319 e. The van der Waals surface area contributed by atoms with Crippen LogP contribution in [-0.4, -0.2) is 180 Å². The third-order valence-electron chi connectivity index (χ3n) is 18.8. The zero-order chi connectivity index (χ0) is 57.7. The number of fused-ring (bicyclic) bond motifs is 2. The lowest BCUT2D eigenvalue weighted by atomic mass is 9.71. The second kappa shape index (κ2) is 23.3. The summed E-state index contributed by atoms with van der Waals surface area (Å²) in [5.41, 5.74) is 6.02. The van der Waals surface area contributed by atoms with E-state index in [4.69, 9.17) is 26.3 Å². The first-order valence-electron chi connectivity index (χ1n) is 29.4. The number of aromatic nitrogens is 5. The number of piperidine rings is 2. The maximum Gasteiger partial charge on any atom is 0.319 e. The van der Waals surface area contributed by atoms with Crippen LogP contribution < -0.4 is 14.5 Å². The Hall–Kier alpha value is -7.50. The molecule has 0 radical (unpaired) electrons. The zero-order valence-corrected chi connectivity index (χ0v) is 48.5. The number of ether oxygens (including phenoxy) is 1. The number of hydrogen-bond donors (Lipinski definition) is 3. The van der Waals surface area contributed by atoms with E-state index in [1.165, 1.54) is 16.7 Å². The maximum absolute atomic E-state index is 14.0. The average molecular weight is 1140 g/mol. The van der Waals surface area contributed by atoms with Gasteiger partial charge in [-0.25, -0.2) is 4.57 Å². The number of hydrogen-bond acceptors (Lipinski definition) is 16. The molecule has 2 amide bonds. The lowest BCUT2D eigenvalue weighted by Crippen LogP contribution is -2.63. The van der Waals surface area contributed by atoms with Gasteiger partial charge in [0.05, 0.1) is 47.0 Å². The Balaban J connectivity index is 0.629. The molecule has 3 atom stereocenters. The summed E-state index contributed by atoms with van der Waals surface area (Å²) in [6.45, 7) is 17.9. The first kappa shape index (κ1) is 56.0. The molecule has 0 bridgehead atoms. The third-order valence-corrected chi connectivity index (χ3v) is 19.1. The van der Waals surface area contributed by atoms with Gasteiger partial charge in [-0.05, 0) is 131 Å². The number of likely N-dealkylation sites (N-methyl/N-ethyl adjacent to an activating group) is 1. The molecule has 19 nitrogen and oxygen atoms in total. The lowest BCUT2D eigenvalue weighted by Gasteiger charge is -2.55. The van der Waals surface area contributed by atoms with E-state index in [0.29, 0.717) is 79.0 Å². The Morgan fingerprint density at radius 3 is 2.39 bits per heavy atom. The highest BCUT2D eigenvalue weighted by Crippen LogP contribution is 2.44. The van der Waals surface area contributed by atoms with Crippen molar-refractivity contribution in [3.8, 4) is 46.7 Å². The molecule has 5 fully saturated rings. The van der Waals surface area contributed by atoms with Gasteiger partial charge in [-0.1, -0.05) is 73.5 Å². The van der Waals surface area contributed by atoms with Gasteiger partial charge >= 0.3 is 12.0 Å². The van der Waals surface area contributed by atoms with E-state index in [9.17, 15) is 30.2 Å². The number of rotatable bonds is 14. The van der Waals surface area contributed by atoms with E-state index in [0.717, 1.165) is 130 Å². The predicted molar refractivity (Wildman–Crippen MR) is 318 cm³/mol. The highest BCUT2D eigenvalue weighted by Gasteiger charge is 2.48. The van der Waals surface area contributed by atoms with Gasteiger partial charge in [0.25, 0.3) is 0 Å². The van der Waals surface area contributed by atoms with Crippen molar-refractivity contribution in [2.75, 3.05) is 95.4 Å². The summed E-state index contributed by atoms with van der Waals surface area (Å²) in [4.78, 5) is 53.0. The van der Waals surface area contributed by atoms with Crippen molar-refractivity contribution in [3.05, 3.63) is 113 Å². The fourth-order valence-electron chi connectivity index (χ4n) is 14.0. The molecule has 83 heavy (non-hydrogen) atoms. The number of benzene rings is 4. The van der Waals surface area contributed by atoms with Crippen LogP contribution in [-0.2, 0) is 29.1 Å². The standard InChI is InChI=1S/C63H74ClN13O6/c1-5-56(80)76-29-28-74(35-45(76)16-22-65)58-48-19-25-73(53-11-7-9-42-8-6-10-51(64)57(42)53)36-52(48)66-61(67-58)83-37-47-30-46(34-70(47)4)72-23-17-43(18-24-72)60(81)75-38-63(39-75)20-26-71(27-21-63)33-41-12-14-44(15-13-41)77-59(68-69-62(77)82)50-31-49(40(2)3)54(78)32-55(50)79/h5-15,31-32,40,43,45-47,78-79H,1,16-21,23-30,33-39H2,2-4H3,(H,69,82)/t45-,46-,47-/m0/s1. The number of nitriles is 1. The Morgan fingerprint density at radius 2 is 1.65 bits per heavy atom. The van der Waals surface area contributed by atoms with Gasteiger partial charge < -0.3 is 39.7 Å². The summed E-state index contributed by atoms with van der Waals surface area (Å²) >= 11 is 6.84. The van der Waals surface area contributed by atoms with Gasteiger partial charge in [-0.3, -0.25) is 24.3 Å². The van der Waals surface area contributed by atoms with Gasteiger partial charge in [-0.2, -0.15) is 15.2 Å². The van der Waals surface area contributed by atoms with Crippen LogP contribution in [0.25, 0.3) is 27.8 Å². The molecule has 0 aliphatic carbocycles. The van der Waals surface area contributed by atoms with Crippen LogP contribution in [0.15, 0.2) is 85.5 Å². The lowest BCUT2D eigenvalue weighted by molar-refractivity contribution is -0.153. The SMILES string of the molecule is C=CC(=O)N1CCN(c2nc(OC[C@@H]3C[C@H](N4CCC(C(=O)N5CC6(CCN(Cc7ccc(-n8c(O)nnc8-c8cc(C(C)C)c(O)cc8O)cc7)CC6)C5)CC4)CN3C)nc3c2CCN(c2cccc4cccc(Cl)c24)C3)C[C@@H]1CC#N. The number of carbonyl (C=O) groups is 2. The molecule has 6 aliphatic rings. The number of anilines is 2. The van der Waals surface area contributed by atoms with Crippen molar-refractivity contribution < 1.29 is 29.6 Å². The van der Waals surface area contributed by atoms with E-state index >= 15 is 0 Å². The Morgan fingerprint density at radius 1 is 0.892 bits per heavy atom. The maximum atomic E-state index is 14.0. The van der Waals surface area contributed by atoms with Crippen molar-refractivity contribution in [3.63, 3.8) is 0 Å². The first-order chi connectivity index (χ1) is 40.2. The van der Waals surface area contributed by atoms with Crippen LogP contribution in [0.4, 0.5) is 11.5 Å². The van der Waals surface area contributed by atoms with Gasteiger partial charge in [0.2, 0.25) is 11.8 Å². The van der Waals surface area contributed by atoms with Crippen LogP contribution >= 0.6 is 11.6 Å². The number of likely N-dealkylation sites (tertiary alicyclic amines) is 4. The monoisotopic (exact) mass is 1140 g/mol. The summed E-state index contributed by atoms with van der Waals surface area (Å²) in [7, 11) is 2.16. The number of carbonyl (C=O) groups excluding carboxylic acids is 2. The molecule has 6 aliphatic heterocycles. The molecule has 5 saturated heterocycles. The molecule has 6 aromatic rings. The normalized spacial score (nSPS) is 21.6. The largest absolute Gasteiger partial charge is 0.508 e. The highest BCUT2D eigenvalue weighted by molar-refractivity contribution is 6.36. The van der Waals surface area contributed by atoms with Crippen molar-refractivity contribution in [2.24, 2.45) is 11.3 Å². The molecule has 434 valence electrons. The Bertz CT molecular complexity index is 3450. The first-order valence-corrected chi connectivity index (χ1v) is 29.8. The molecular weight excluding hydrogens is 1070 g/mol. The van der Waals surface area contributed by atoms with Crippen LogP contribution in [0, 0.1) is 22.7 Å². The van der Waals surface area contributed by atoms with Crippen LogP contribution in [0.1, 0.15) is 80.7 Å². The molecule has 8 heterocycles. The Labute approximate surface area is 489 Å². The molecular formula is C63H74ClN13O6. The molecule has 4 aromatic carbocycles. The third kappa shape index (κ3) is 11.1. The second-order valence-corrected chi connectivity index (χ2v) is 24.6. The highest BCUT2D eigenvalue weighted by atomic mass is 35.5. The Kier molecular flexibility index (Phi) is 15.7.